The SMILES string of the molecule is CC(O)CNC(=O)c1nn(-c2ccccc2C(F)(F)F)cc1O. The number of para-hydroxylation sites is 1. The number of halogens is 3. The van der Waals surface area contributed by atoms with Crippen molar-refractivity contribution in [1.29, 1.82) is 0 Å². The minimum Gasteiger partial charge on any atom is -0.504 e. The lowest BCUT2D eigenvalue weighted by Crippen LogP contribution is -2.31. The Bertz CT molecular complexity index is 711. The second-order valence-electron chi connectivity index (χ2n) is 4.88. The van der Waals surface area contributed by atoms with Crippen molar-refractivity contribution < 1.29 is 28.2 Å². The Morgan fingerprint density at radius 1 is 1.39 bits per heavy atom. The maximum atomic E-state index is 13.0. The highest BCUT2D eigenvalue weighted by Crippen LogP contribution is 2.34. The van der Waals surface area contributed by atoms with Crippen molar-refractivity contribution in [3.63, 3.8) is 0 Å². The van der Waals surface area contributed by atoms with E-state index in [0.29, 0.717) is 0 Å². The van der Waals surface area contributed by atoms with Gasteiger partial charge in [-0.3, -0.25) is 4.79 Å². The third kappa shape index (κ3) is 3.81. The van der Waals surface area contributed by atoms with Crippen LogP contribution in [0.2, 0.25) is 0 Å². The lowest BCUT2D eigenvalue weighted by Gasteiger charge is -2.12. The average molecular weight is 329 g/mol. The Hall–Kier alpha value is -2.55. The summed E-state index contributed by atoms with van der Waals surface area (Å²) in [6.45, 7) is 1.36. The first-order chi connectivity index (χ1) is 10.7. The minimum atomic E-state index is -4.60. The van der Waals surface area contributed by atoms with Crippen molar-refractivity contribution in [3.8, 4) is 11.4 Å². The van der Waals surface area contributed by atoms with Gasteiger partial charge in [0.25, 0.3) is 5.91 Å². The van der Waals surface area contributed by atoms with Gasteiger partial charge < -0.3 is 15.5 Å². The molecule has 2 rings (SSSR count). The van der Waals surface area contributed by atoms with Gasteiger partial charge in [0, 0.05) is 6.54 Å². The summed E-state index contributed by atoms with van der Waals surface area (Å²) < 4.78 is 39.8. The van der Waals surface area contributed by atoms with Gasteiger partial charge in [-0.15, -0.1) is 0 Å². The molecule has 124 valence electrons. The summed E-state index contributed by atoms with van der Waals surface area (Å²) in [5.74, 6) is -1.36. The number of amides is 1. The second kappa shape index (κ2) is 6.29. The van der Waals surface area contributed by atoms with Crippen LogP contribution in [0.5, 0.6) is 5.75 Å². The molecule has 1 aromatic heterocycles. The average Bonchev–Trinajstić information content (AvgIpc) is 2.86. The topological polar surface area (TPSA) is 87.4 Å². The molecule has 0 bridgehead atoms. The maximum absolute atomic E-state index is 13.0. The molecule has 1 aromatic carbocycles. The van der Waals surface area contributed by atoms with Gasteiger partial charge in [-0.05, 0) is 19.1 Å². The number of benzene rings is 1. The highest BCUT2D eigenvalue weighted by Gasteiger charge is 2.34. The fourth-order valence-corrected chi connectivity index (χ4v) is 1.89. The lowest BCUT2D eigenvalue weighted by atomic mass is 10.2. The smallest absolute Gasteiger partial charge is 0.418 e. The van der Waals surface area contributed by atoms with Crippen molar-refractivity contribution in [2.45, 2.75) is 19.2 Å². The largest absolute Gasteiger partial charge is 0.504 e. The molecular formula is C14H14F3N3O3. The van der Waals surface area contributed by atoms with Crippen LogP contribution in [0.1, 0.15) is 23.0 Å². The molecule has 0 radical (unpaired) electrons. The van der Waals surface area contributed by atoms with Crippen LogP contribution >= 0.6 is 0 Å². The molecule has 1 unspecified atom stereocenters. The Labute approximate surface area is 129 Å². The number of rotatable bonds is 4. The molecular weight excluding hydrogens is 315 g/mol. The van der Waals surface area contributed by atoms with E-state index in [1.54, 1.807) is 0 Å². The van der Waals surface area contributed by atoms with Crippen LogP contribution in [-0.4, -0.2) is 38.5 Å². The number of hydrogen-bond acceptors (Lipinski definition) is 4. The molecule has 23 heavy (non-hydrogen) atoms. The fourth-order valence-electron chi connectivity index (χ4n) is 1.89. The molecule has 0 fully saturated rings. The normalized spacial score (nSPS) is 12.9. The first kappa shape index (κ1) is 16.8. The second-order valence-corrected chi connectivity index (χ2v) is 4.88. The van der Waals surface area contributed by atoms with Crippen LogP contribution < -0.4 is 5.32 Å². The van der Waals surface area contributed by atoms with Crippen LogP contribution in [0.4, 0.5) is 13.2 Å². The van der Waals surface area contributed by atoms with Crippen molar-refractivity contribution in [2.75, 3.05) is 6.54 Å². The van der Waals surface area contributed by atoms with Gasteiger partial charge in [0.2, 0.25) is 0 Å². The molecule has 0 saturated heterocycles. The van der Waals surface area contributed by atoms with E-state index in [1.165, 1.54) is 25.1 Å². The monoisotopic (exact) mass is 329 g/mol. The molecule has 1 heterocycles. The molecule has 9 heteroatoms. The van der Waals surface area contributed by atoms with Crippen LogP contribution in [-0.2, 0) is 6.18 Å². The zero-order valence-electron chi connectivity index (χ0n) is 12.0. The van der Waals surface area contributed by atoms with Crippen molar-refractivity contribution in [2.24, 2.45) is 0 Å². The quantitative estimate of drug-likeness (QED) is 0.797. The van der Waals surface area contributed by atoms with Gasteiger partial charge in [0.1, 0.15) is 0 Å². The predicted molar refractivity (Wildman–Crippen MR) is 74.2 cm³/mol. The van der Waals surface area contributed by atoms with E-state index in [4.69, 9.17) is 5.11 Å². The van der Waals surface area contributed by atoms with Gasteiger partial charge >= 0.3 is 6.18 Å². The summed E-state index contributed by atoms with van der Waals surface area (Å²) in [5.41, 5.74) is -1.69. The summed E-state index contributed by atoms with van der Waals surface area (Å²) in [6.07, 6.45) is -4.50. The number of carbonyl (C=O) groups excluding carboxylic acids is 1. The minimum absolute atomic E-state index is 0.0791. The Morgan fingerprint density at radius 3 is 2.65 bits per heavy atom. The summed E-state index contributed by atoms with van der Waals surface area (Å²) in [7, 11) is 0. The number of aliphatic hydroxyl groups is 1. The number of carbonyl (C=O) groups is 1. The molecule has 0 aliphatic heterocycles. The molecule has 1 amide bonds. The van der Waals surface area contributed by atoms with Gasteiger partial charge in [-0.25, -0.2) is 4.68 Å². The number of nitrogens with one attached hydrogen (secondary N) is 1. The van der Waals surface area contributed by atoms with Gasteiger partial charge in [0.05, 0.1) is 23.6 Å². The molecule has 0 saturated carbocycles. The lowest BCUT2D eigenvalue weighted by molar-refractivity contribution is -0.137. The summed E-state index contributed by atoms with van der Waals surface area (Å²) in [4.78, 5) is 11.8. The van der Waals surface area contributed by atoms with Crippen LogP contribution in [0, 0.1) is 0 Å². The third-order valence-electron chi connectivity index (χ3n) is 2.92. The summed E-state index contributed by atoms with van der Waals surface area (Å²) >= 11 is 0. The van der Waals surface area contributed by atoms with E-state index in [2.05, 4.69) is 10.4 Å². The number of hydrogen-bond donors (Lipinski definition) is 3. The highest BCUT2D eigenvalue weighted by atomic mass is 19.4. The van der Waals surface area contributed by atoms with Gasteiger partial charge in [0.15, 0.2) is 11.4 Å². The number of aliphatic hydroxyl groups excluding tert-OH is 1. The zero-order valence-corrected chi connectivity index (χ0v) is 12.0. The fraction of sp³-hybridized carbons (Fsp3) is 0.286. The summed E-state index contributed by atoms with van der Waals surface area (Å²) in [6, 6.07) is 4.66. The summed E-state index contributed by atoms with van der Waals surface area (Å²) in [5, 5.41) is 24.8. The van der Waals surface area contributed by atoms with E-state index in [1.807, 2.05) is 0 Å². The van der Waals surface area contributed by atoms with E-state index in [-0.39, 0.29) is 12.2 Å². The van der Waals surface area contributed by atoms with Gasteiger partial charge in [-0.2, -0.15) is 18.3 Å². The predicted octanol–water partition coefficient (Wildman–Crippen LogP) is 1.71. The van der Waals surface area contributed by atoms with Crippen LogP contribution in [0.15, 0.2) is 30.5 Å². The molecule has 6 nitrogen and oxygen atoms in total. The number of aromatic nitrogens is 2. The van der Waals surface area contributed by atoms with Crippen LogP contribution in [0.3, 0.4) is 0 Å². The van der Waals surface area contributed by atoms with E-state index < -0.39 is 35.2 Å². The molecule has 3 N–H and O–H groups in total. The van der Waals surface area contributed by atoms with Gasteiger partial charge in [-0.1, -0.05) is 12.1 Å². The van der Waals surface area contributed by atoms with Crippen molar-refractivity contribution in [3.05, 3.63) is 41.7 Å². The van der Waals surface area contributed by atoms with Crippen molar-refractivity contribution in [1.82, 2.24) is 15.1 Å². The van der Waals surface area contributed by atoms with E-state index >= 15 is 0 Å². The van der Waals surface area contributed by atoms with E-state index in [0.717, 1.165) is 16.9 Å². The number of alkyl halides is 3. The molecule has 2 aromatic rings. The first-order valence-electron chi connectivity index (χ1n) is 6.61. The Morgan fingerprint density at radius 2 is 2.04 bits per heavy atom. The molecule has 0 aliphatic carbocycles. The van der Waals surface area contributed by atoms with Crippen molar-refractivity contribution >= 4 is 5.91 Å². The Balaban J connectivity index is 2.37. The number of nitrogens with zero attached hydrogens (tertiary/aromatic N) is 2. The molecule has 0 spiro atoms. The van der Waals surface area contributed by atoms with E-state index in [9.17, 15) is 23.1 Å². The third-order valence-corrected chi connectivity index (χ3v) is 2.92. The standard InChI is InChI=1S/C14H14F3N3O3/c1-8(21)6-18-13(23)12-11(22)7-20(19-12)10-5-3-2-4-9(10)14(15,16)17/h2-5,7-8,21-22H,6H2,1H3,(H,18,23). The zero-order chi connectivity index (χ0) is 17.2. The van der Waals surface area contributed by atoms with Crippen LogP contribution in [0.25, 0.3) is 5.69 Å². The highest BCUT2D eigenvalue weighted by molar-refractivity contribution is 5.94. The molecule has 1 atom stereocenters. The molecule has 0 aliphatic rings. The number of aromatic hydroxyl groups is 1. The Kier molecular flexibility index (Phi) is 4.60. The maximum Gasteiger partial charge on any atom is 0.418 e. The first-order valence-corrected chi connectivity index (χ1v) is 6.61.